The highest BCUT2D eigenvalue weighted by Crippen LogP contribution is 2.25. The van der Waals surface area contributed by atoms with Crippen molar-refractivity contribution < 1.29 is 47.4 Å². The topological polar surface area (TPSA) is 184 Å². The van der Waals surface area contributed by atoms with Crippen molar-refractivity contribution >= 4 is 57.5 Å². The van der Waals surface area contributed by atoms with Crippen LogP contribution in [-0.2, 0) is 28.7 Å². The smallest absolute Gasteiger partial charge is 0.411 e. The van der Waals surface area contributed by atoms with Gasteiger partial charge in [0.1, 0.15) is 40.2 Å². The molecule has 3 aromatic rings. The minimum Gasteiger partial charge on any atom is -0.497 e. The van der Waals surface area contributed by atoms with E-state index in [1.807, 2.05) is 12.1 Å². The number of ketones is 4. The van der Waals surface area contributed by atoms with Crippen LogP contribution in [0.5, 0.6) is 5.75 Å². The van der Waals surface area contributed by atoms with E-state index in [1.54, 1.807) is 37.4 Å². The first-order chi connectivity index (χ1) is 24.1. The van der Waals surface area contributed by atoms with Crippen molar-refractivity contribution in [1.29, 1.82) is 0 Å². The number of amides is 1. The van der Waals surface area contributed by atoms with E-state index in [-0.39, 0.29) is 72.7 Å². The average Bonchev–Trinajstić information content (AvgIpc) is 3.10. The van der Waals surface area contributed by atoms with Crippen LogP contribution in [0.4, 0.5) is 16.2 Å². The molecule has 2 aliphatic rings. The van der Waals surface area contributed by atoms with Gasteiger partial charge in [-0.05, 0) is 68.9 Å². The van der Waals surface area contributed by atoms with Crippen LogP contribution < -0.4 is 21.0 Å². The lowest BCUT2D eigenvalue weighted by Gasteiger charge is -2.19. The zero-order chi connectivity index (χ0) is 36.0. The molecule has 0 aliphatic heterocycles. The molecule has 2 N–H and O–H groups in total. The number of nitrogens with one attached hydrogen (secondary N) is 2. The number of hydrogen-bond acceptors (Lipinski definition) is 12. The number of hydrogen-bond donors (Lipinski definition) is 2. The van der Waals surface area contributed by atoms with Gasteiger partial charge in [0.15, 0.2) is 0 Å². The molecule has 1 heterocycles. The summed E-state index contributed by atoms with van der Waals surface area (Å²) < 4.78 is 20.6. The Kier molecular flexibility index (Phi) is 13.8. The van der Waals surface area contributed by atoms with Crippen molar-refractivity contribution in [2.75, 3.05) is 38.0 Å². The largest absolute Gasteiger partial charge is 0.497 e. The molecule has 0 saturated heterocycles. The van der Waals surface area contributed by atoms with Crippen LogP contribution in [0.25, 0.3) is 11.0 Å². The van der Waals surface area contributed by atoms with Crippen LogP contribution >= 0.6 is 0 Å². The van der Waals surface area contributed by atoms with E-state index >= 15 is 0 Å². The van der Waals surface area contributed by atoms with E-state index in [0.717, 1.165) is 5.69 Å². The lowest BCUT2D eigenvalue weighted by molar-refractivity contribution is -0.134. The predicted molar refractivity (Wildman–Crippen MR) is 183 cm³/mol. The summed E-state index contributed by atoms with van der Waals surface area (Å²) in [5.41, 5.74) is 0.857. The van der Waals surface area contributed by atoms with E-state index in [1.165, 1.54) is 13.2 Å². The Labute approximate surface area is 289 Å². The highest BCUT2D eigenvalue weighted by Gasteiger charge is 2.27. The maximum Gasteiger partial charge on any atom is 0.411 e. The fraction of sp³-hybridized carbons (Fsp3) is 0.432. The third-order valence-corrected chi connectivity index (χ3v) is 8.65. The van der Waals surface area contributed by atoms with Gasteiger partial charge in [-0.1, -0.05) is 12.1 Å². The molecular weight excluding hydrogens is 648 g/mol. The zero-order valence-electron chi connectivity index (χ0n) is 28.2. The van der Waals surface area contributed by atoms with Gasteiger partial charge in [-0.2, -0.15) is 0 Å². The minimum atomic E-state index is -0.773. The van der Waals surface area contributed by atoms with Crippen molar-refractivity contribution in [1.82, 2.24) is 0 Å². The predicted octanol–water partition coefficient (Wildman–Crippen LogP) is 5.67. The van der Waals surface area contributed by atoms with Gasteiger partial charge in [-0.15, -0.1) is 0 Å². The molecular formula is C37H42N2O11. The Balaban J connectivity index is 0.000000232. The molecule has 1 amide bonds. The lowest BCUT2D eigenvalue weighted by atomic mass is 9.84. The monoisotopic (exact) mass is 690 g/mol. The van der Waals surface area contributed by atoms with Gasteiger partial charge in [0.25, 0.3) is 0 Å². The molecule has 50 heavy (non-hydrogen) atoms. The quantitative estimate of drug-likeness (QED) is 0.103. The molecule has 2 aliphatic carbocycles. The van der Waals surface area contributed by atoms with Crippen LogP contribution in [0.2, 0.25) is 0 Å². The maximum absolute atomic E-state index is 12.0. The summed E-state index contributed by atoms with van der Waals surface area (Å²) in [6.45, 7) is 0.397. The molecule has 1 aromatic heterocycles. The second-order valence-electron chi connectivity index (χ2n) is 12.2. The first-order valence-corrected chi connectivity index (χ1v) is 16.7. The van der Waals surface area contributed by atoms with Gasteiger partial charge in [0.05, 0.1) is 38.7 Å². The van der Waals surface area contributed by atoms with E-state index < -0.39 is 11.7 Å². The number of methoxy groups -OCH3 is 1. The number of fused-ring (bicyclic) bond motifs is 1. The van der Waals surface area contributed by atoms with Crippen molar-refractivity contribution in [3.05, 3.63) is 64.5 Å². The summed E-state index contributed by atoms with van der Waals surface area (Å²) in [5.74, 6) is 0.0108. The van der Waals surface area contributed by atoms with Crippen molar-refractivity contribution in [2.45, 2.75) is 64.2 Å². The fourth-order valence-corrected chi connectivity index (χ4v) is 5.85. The van der Waals surface area contributed by atoms with Gasteiger partial charge < -0.3 is 23.9 Å². The molecule has 2 saturated carbocycles. The minimum absolute atomic E-state index is 0.00955. The third-order valence-electron chi connectivity index (χ3n) is 8.65. The van der Waals surface area contributed by atoms with E-state index in [0.29, 0.717) is 73.6 Å². The Morgan fingerprint density at radius 2 is 1.42 bits per heavy atom. The zero-order valence-corrected chi connectivity index (χ0v) is 28.2. The Hall–Kier alpha value is -5.33. The van der Waals surface area contributed by atoms with Gasteiger partial charge in [0.2, 0.25) is 0 Å². The van der Waals surface area contributed by atoms with Crippen molar-refractivity contribution in [3.63, 3.8) is 0 Å². The van der Waals surface area contributed by atoms with Crippen LogP contribution in [0.15, 0.2) is 57.7 Å². The highest BCUT2D eigenvalue weighted by molar-refractivity contribution is 6.03. The Bertz CT molecular complexity index is 1780. The first kappa shape index (κ1) is 37.5. The molecule has 13 nitrogen and oxygen atoms in total. The number of carbonyl (C=O) groups is 6. The van der Waals surface area contributed by atoms with E-state index in [2.05, 4.69) is 10.6 Å². The molecule has 2 atom stereocenters. The van der Waals surface area contributed by atoms with Gasteiger partial charge in [0, 0.05) is 48.9 Å². The van der Waals surface area contributed by atoms with Crippen molar-refractivity contribution in [2.24, 2.45) is 11.8 Å². The number of esters is 1. The summed E-state index contributed by atoms with van der Waals surface area (Å²) >= 11 is 0. The van der Waals surface area contributed by atoms with Crippen LogP contribution in [-0.4, -0.2) is 62.6 Å². The summed E-state index contributed by atoms with van der Waals surface area (Å²) in [7, 11) is 3.26. The fourth-order valence-electron chi connectivity index (χ4n) is 5.85. The third kappa shape index (κ3) is 10.8. The number of ether oxygens (including phenoxy) is 3. The molecule has 0 radical (unpaired) electrons. The number of carbonyl (C=O) groups excluding carboxylic acids is 6. The summed E-state index contributed by atoms with van der Waals surface area (Å²) in [6, 6.07) is 13.7. The Morgan fingerprint density at radius 3 is 2.02 bits per heavy atom. The number of Topliss-reactive ketones (excluding diaryl/α,β-unsaturated/α-hetero) is 4. The first-order valence-electron chi connectivity index (χ1n) is 16.7. The molecule has 266 valence electrons. The summed E-state index contributed by atoms with van der Waals surface area (Å²) in [5, 5.41) is 5.95. The van der Waals surface area contributed by atoms with Gasteiger partial charge in [-0.25, -0.2) is 14.4 Å². The van der Waals surface area contributed by atoms with Crippen LogP contribution in [0, 0.1) is 11.8 Å². The van der Waals surface area contributed by atoms with Crippen LogP contribution in [0.1, 0.15) is 74.6 Å². The lowest BCUT2D eigenvalue weighted by Crippen LogP contribution is -2.25. The maximum atomic E-state index is 12.0. The molecule has 2 unspecified atom stereocenters. The van der Waals surface area contributed by atoms with Gasteiger partial charge >= 0.3 is 17.7 Å². The standard InChI is InChI=1S/C20H21NO7.C17H21NO4/c1-26-15-7-5-13-9-16(19(24)28-18(13)11-15)21-20(25)27-8-2-3-12-4-6-14(22)10-17(12)23;1-18-15-7-3-2-6-14(15)17(21)22-10-4-5-12-8-9-13(19)11-16(12)20/h5,7,9,11-12H,2-4,6,8,10H2,1H3,(H,21,25);2-3,6-7,12,18H,4-5,8-11H2,1H3. The molecule has 0 bridgehead atoms. The summed E-state index contributed by atoms with van der Waals surface area (Å²) in [6.07, 6.45) is 3.81. The summed E-state index contributed by atoms with van der Waals surface area (Å²) in [4.78, 5) is 81.8. The molecule has 13 heteroatoms. The number of benzene rings is 2. The highest BCUT2D eigenvalue weighted by atomic mass is 16.5. The second-order valence-corrected chi connectivity index (χ2v) is 12.2. The second kappa shape index (κ2) is 18.4. The van der Waals surface area contributed by atoms with E-state index in [4.69, 9.17) is 18.6 Å². The normalized spacial score (nSPS) is 17.4. The average molecular weight is 691 g/mol. The Morgan fingerprint density at radius 1 is 0.800 bits per heavy atom. The number of rotatable bonds is 12. The SMILES string of the molecule is CNc1ccccc1C(=O)OCCCC1CCC(=O)CC1=O.COc1ccc2cc(NC(=O)OCCCC3CCC(=O)CC3=O)c(=O)oc2c1. The van der Waals surface area contributed by atoms with E-state index in [9.17, 15) is 33.6 Å². The molecule has 2 aromatic carbocycles. The van der Waals surface area contributed by atoms with Crippen LogP contribution in [0.3, 0.4) is 0 Å². The number of para-hydroxylation sites is 1. The molecule has 0 spiro atoms. The molecule has 2 fully saturated rings. The van der Waals surface area contributed by atoms with Crippen molar-refractivity contribution in [3.8, 4) is 5.75 Å². The van der Waals surface area contributed by atoms with Gasteiger partial charge in [-0.3, -0.25) is 24.5 Å². The molecule has 5 rings (SSSR count). The number of anilines is 2.